The molecule has 0 saturated carbocycles. The Morgan fingerprint density at radius 3 is 2.62 bits per heavy atom. The zero-order chi connectivity index (χ0) is 17.3. The largest absolute Gasteiger partial charge is 0.352 e. The molecule has 0 aliphatic carbocycles. The normalized spacial score (nSPS) is 13.4. The van der Waals surface area contributed by atoms with Crippen LogP contribution in [-0.2, 0) is 37.9 Å². The fourth-order valence-electron chi connectivity index (χ4n) is 3.33. The Morgan fingerprint density at radius 1 is 1.27 bits per heavy atom. The summed E-state index contributed by atoms with van der Waals surface area (Å²) >= 11 is 0. The Morgan fingerprint density at radius 2 is 1.96 bits per heavy atom. The summed E-state index contributed by atoms with van der Waals surface area (Å²) in [4.78, 5) is 12.4. The molecule has 1 aliphatic rings. The maximum Gasteiger partial charge on any atom is 0.223 e. The van der Waals surface area contributed by atoms with E-state index in [1.165, 1.54) is 16.7 Å². The van der Waals surface area contributed by atoms with E-state index in [1.807, 2.05) is 25.6 Å². The number of hydrogen-bond donors (Lipinski definition) is 2. The van der Waals surface area contributed by atoms with Gasteiger partial charge in [0.05, 0.1) is 5.69 Å². The third-order valence-electron chi connectivity index (χ3n) is 4.99. The SMILES string of the molecule is Cc1nn(C)c(C)c1CC(C)C(=O)NCc1ccc2c(c1)CNC2.Cl.Cl. The Hall–Kier alpha value is -1.56. The summed E-state index contributed by atoms with van der Waals surface area (Å²) in [5.74, 6) is 0.0268. The van der Waals surface area contributed by atoms with Gasteiger partial charge in [0.15, 0.2) is 0 Å². The van der Waals surface area contributed by atoms with Crippen LogP contribution in [0, 0.1) is 19.8 Å². The quantitative estimate of drug-likeness (QED) is 0.813. The van der Waals surface area contributed by atoms with Crippen LogP contribution in [0.4, 0.5) is 0 Å². The van der Waals surface area contributed by atoms with Gasteiger partial charge in [0, 0.05) is 38.3 Å². The van der Waals surface area contributed by atoms with Crippen LogP contribution >= 0.6 is 24.8 Å². The predicted molar refractivity (Wildman–Crippen MR) is 109 cm³/mol. The van der Waals surface area contributed by atoms with Crippen LogP contribution in [0.1, 0.15) is 40.6 Å². The molecule has 1 atom stereocenters. The monoisotopic (exact) mass is 398 g/mol. The van der Waals surface area contributed by atoms with E-state index in [0.29, 0.717) is 6.54 Å². The fraction of sp³-hybridized carbons (Fsp3) is 0.474. The van der Waals surface area contributed by atoms with Crippen LogP contribution in [0.5, 0.6) is 0 Å². The van der Waals surface area contributed by atoms with Gasteiger partial charge in [-0.3, -0.25) is 9.48 Å². The zero-order valence-corrected chi connectivity index (χ0v) is 17.4. The van der Waals surface area contributed by atoms with E-state index in [1.54, 1.807) is 0 Å². The fourth-order valence-corrected chi connectivity index (χ4v) is 3.33. The van der Waals surface area contributed by atoms with E-state index in [4.69, 9.17) is 0 Å². The minimum atomic E-state index is -0.0670. The van der Waals surface area contributed by atoms with Gasteiger partial charge >= 0.3 is 0 Å². The van der Waals surface area contributed by atoms with Gasteiger partial charge in [-0.2, -0.15) is 5.10 Å². The highest BCUT2D eigenvalue weighted by atomic mass is 35.5. The van der Waals surface area contributed by atoms with Crippen molar-refractivity contribution in [3.63, 3.8) is 0 Å². The third-order valence-corrected chi connectivity index (χ3v) is 4.99. The topological polar surface area (TPSA) is 59.0 Å². The summed E-state index contributed by atoms with van der Waals surface area (Å²) in [6.07, 6.45) is 0.728. The molecule has 0 bridgehead atoms. The summed E-state index contributed by atoms with van der Waals surface area (Å²) < 4.78 is 1.88. The molecule has 1 amide bonds. The van der Waals surface area contributed by atoms with Gasteiger partial charge in [-0.1, -0.05) is 25.1 Å². The van der Waals surface area contributed by atoms with Crippen molar-refractivity contribution in [1.29, 1.82) is 0 Å². The van der Waals surface area contributed by atoms with E-state index in [0.717, 1.165) is 36.5 Å². The lowest BCUT2D eigenvalue weighted by atomic mass is 9.98. The Bertz CT molecular complexity index is 773. The molecule has 0 spiro atoms. The number of halogens is 2. The first-order valence-corrected chi connectivity index (χ1v) is 8.54. The molecule has 0 radical (unpaired) electrons. The first-order valence-electron chi connectivity index (χ1n) is 8.54. The van der Waals surface area contributed by atoms with Gasteiger partial charge in [0.1, 0.15) is 0 Å². The average molecular weight is 399 g/mol. The van der Waals surface area contributed by atoms with Gasteiger partial charge in [-0.15, -0.1) is 24.8 Å². The summed E-state index contributed by atoms with van der Waals surface area (Å²) in [5, 5.41) is 10.8. The molecule has 1 aromatic heterocycles. The van der Waals surface area contributed by atoms with Crippen molar-refractivity contribution in [2.45, 2.75) is 46.8 Å². The minimum absolute atomic E-state index is 0. The standard InChI is InChI=1S/C19H26N4O.2ClH/c1-12(7-18-13(2)22-23(4)14(18)3)19(24)21-9-15-5-6-16-10-20-11-17(16)8-15;;/h5-6,8,12,20H,7,9-11H2,1-4H3,(H,21,24);2*1H. The first-order chi connectivity index (χ1) is 11.5. The number of aromatic nitrogens is 2. The lowest BCUT2D eigenvalue weighted by molar-refractivity contribution is -0.124. The second-order valence-electron chi connectivity index (χ2n) is 6.80. The molecule has 2 aromatic rings. The first kappa shape index (κ1) is 22.5. The van der Waals surface area contributed by atoms with E-state index >= 15 is 0 Å². The van der Waals surface area contributed by atoms with Crippen LogP contribution in [0.15, 0.2) is 18.2 Å². The number of rotatable bonds is 5. The number of fused-ring (bicyclic) bond motifs is 1. The average Bonchev–Trinajstić information content (AvgIpc) is 3.12. The maximum absolute atomic E-state index is 12.4. The second-order valence-corrected chi connectivity index (χ2v) is 6.80. The molecule has 7 heteroatoms. The van der Waals surface area contributed by atoms with Gasteiger partial charge in [-0.25, -0.2) is 0 Å². The summed E-state index contributed by atoms with van der Waals surface area (Å²) in [5.41, 5.74) is 7.20. The number of amides is 1. The van der Waals surface area contributed by atoms with Gasteiger partial charge in [0.2, 0.25) is 5.91 Å². The number of benzene rings is 1. The van der Waals surface area contributed by atoms with Crippen molar-refractivity contribution < 1.29 is 4.79 Å². The van der Waals surface area contributed by atoms with Crippen molar-refractivity contribution in [2.24, 2.45) is 13.0 Å². The molecule has 0 saturated heterocycles. The Balaban J connectivity index is 0.00000169. The number of carbonyl (C=O) groups excluding carboxylic acids is 1. The predicted octanol–water partition coefficient (Wildman–Crippen LogP) is 2.98. The van der Waals surface area contributed by atoms with Crippen LogP contribution in [0.2, 0.25) is 0 Å². The molecule has 1 aliphatic heterocycles. The van der Waals surface area contributed by atoms with Crippen molar-refractivity contribution in [1.82, 2.24) is 20.4 Å². The third kappa shape index (κ3) is 4.78. The zero-order valence-electron chi connectivity index (χ0n) is 15.8. The maximum atomic E-state index is 12.4. The van der Waals surface area contributed by atoms with Crippen LogP contribution in [0.25, 0.3) is 0 Å². The Labute approximate surface area is 167 Å². The molecule has 0 fully saturated rings. The summed E-state index contributed by atoms with van der Waals surface area (Å²) in [7, 11) is 1.94. The molecular weight excluding hydrogens is 371 g/mol. The van der Waals surface area contributed by atoms with Gasteiger partial charge < -0.3 is 10.6 Å². The molecule has 144 valence electrons. The van der Waals surface area contributed by atoms with Crippen LogP contribution < -0.4 is 10.6 Å². The molecule has 5 nitrogen and oxygen atoms in total. The number of carbonyl (C=O) groups is 1. The van der Waals surface area contributed by atoms with Gasteiger partial charge in [0.25, 0.3) is 0 Å². The van der Waals surface area contributed by atoms with Crippen molar-refractivity contribution in [3.8, 4) is 0 Å². The van der Waals surface area contributed by atoms with Crippen molar-refractivity contribution >= 4 is 30.7 Å². The number of nitrogens with zero attached hydrogens (tertiary/aromatic N) is 2. The van der Waals surface area contributed by atoms with E-state index in [-0.39, 0.29) is 36.6 Å². The van der Waals surface area contributed by atoms with Crippen LogP contribution in [-0.4, -0.2) is 15.7 Å². The lowest BCUT2D eigenvalue weighted by Gasteiger charge is -2.13. The number of aryl methyl sites for hydroxylation is 2. The highest BCUT2D eigenvalue weighted by molar-refractivity contribution is 5.85. The molecule has 2 heterocycles. The molecule has 1 aromatic carbocycles. The van der Waals surface area contributed by atoms with Gasteiger partial charge in [-0.05, 0) is 42.5 Å². The molecular formula is C19H28Cl2N4O. The van der Waals surface area contributed by atoms with Crippen molar-refractivity contribution in [3.05, 3.63) is 51.8 Å². The van der Waals surface area contributed by atoms with E-state index < -0.39 is 0 Å². The number of hydrogen-bond acceptors (Lipinski definition) is 3. The smallest absolute Gasteiger partial charge is 0.223 e. The molecule has 3 rings (SSSR count). The molecule has 26 heavy (non-hydrogen) atoms. The highest BCUT2D eigenvalue weighted by Crippen LogP contribution is 2.18. The van der Waals surface area contributed by atoms with E-state index in [2.05, 4.69) is 40.9 Å². The highest BCUT2D eigenvalue weighted by Gasteiger charge is 2.18. The lowest BCUT2D eigenvalue weighted by Crippen LogP contribution is -2.30. The summed E-state index contributed by atoms with van der Waals surface area (Å²) in [6.45, 7) is 8.50. The molecule has 2 N–H and O–H groups in total. The van der Waals surface area contributed by atoms with E-state index in [9.17, 15) is 4.79 Å². The summed E-state index contributed by atoms with van der Waals surface area (Å²) in [6, 6.07) is 6.45. The second kappa shape index (κ2) is 9.40. The van der Waals surface area contributed by atoms with Crippen LogP contribution in [0.3, 0.4) is 0 Å². The Kier molecular flexibility index (Phi) is 8.13. The molecule has 1 unspecified atom stereocenters. The minimum Gasteiger partial charge on any atom is -0.352 e. The number of nitrogens with one attached hydrogen (secondary N) is 2. The van der Waals surface area contributed by atoms with Crippen molar-refractivity contribution in [2.75, 3.05) is 0 Å².